The van der Waals surface area contributed by atoms with Gasteiger partial charge in [-0.3, -0.25) is 4.79 Å². The van der Waals surface area contributed by atoms with Gasteiger partial charge in [-0.05, 0) is 24.0 Å². The molecule has 0 atom stereocenters. The minimum absolute atomic E-state index is 0.120. The number of carbonyl (C=O) groups is 1. The van der Waals surface area contributed by atoms with Gasteiger partial charge < -0.3 is 9.80 Å². The maximum absolute atomic E-state index is 12.7. The van der Waals surface area contributed by atoms with Crippen LogP contribution in [0.15, 0.2) is 30.6 Å². The van der Waals surface area contributed by atoms with Crippen molar-refractivity contribution < 1.29 is 4.79 Å². The van der Waals surface area contributed by atoms with Crippen LogP contribution in [0, 0.1) is 5.92 Å². The lowest BCUT2D eigenvalue weighted by Crippen LogP contribution is -2.50. The first-order chi connectivity index (χ1) is 10.8. The molecule has 0 spiro atoms. The van der Waals surface area contributed by atoms with E-state index in [2.05, 4.69) is 44.3 Å². The highest BCUT2D eigenvalue weighted by molar-refractivity contribution is 5.80. The number of H-pyrrole nitrogens is 1. The third-order valence-corrected chi connectivity index (χ3v) is 4.69. The highest BCUT2D eigenvalue weighted by Crippen LogP contribution is 2.28. The van der Waals surface area contributed by atoms with Gasteiger partial charge in [0.1, 0.15) is 6.33 Å². The van der Waals surface area contributed by atoms with E-state index in [1.807, 2.05) is 4.90 Å². The monoisotopic (exact) mass is 297 g/mol. The van der Waals surface area contributed by atoms with E-state index >= 15 is 0 Å². The SMILES string of the molecule is O=C(C1Cc2ccccc2C1)N1CCN(c2ncn[nH]2)CC1. The molecular weight excluding hydrogens is 278 g/mol. The van der Waals surface area contributed by atoms with E-state index < -0.39 is 0 Å². The summed E-state index contributed by atoms with van der Waals surface area (Å²) < 4.78 is 0. The number of amides is 1. The third kappa shape index (κ3) is 2.34. The Morgan fingerprint density at radius 1 is 1.09 bits per heavy atom. The number of nitrogens with one attached hydrogen (secondary N) is 1. The second-order valence-electron chi connectivity index (χ2n) is 6.00. The molecule has 1 aromatic heterocycles. The highest BCUT2D eigenvalue weighted by atomic mass is 16.2. The van der Waals surface area contributed by atoms with Gasteiger partial charge in [-0.25, -0.2) is 5.10 Å². The average Bonchev–Trinajstić information content (AvgIpc) is 3.23. The predicted octanol–water partition coefficient (Wildman–Crippen LogP) is 0.868. The lowest BCUT2D eigenvalue weighted by molar-refractivity contribution is -0.135. The molecule has 1 aromatic carbocycles. The minimum atomic E-state index is 0.120. The van der Waals surface area contributed by atoms with Crippen LogP contribution in [-0.4, -0.2) is 52.2 Å². The summed E-state index contributed by atoms with van der Waals surface area (Å²) in [6.07, 6.45) is 3.29. The number of nitrogens with zero attached hydrogens (tertiary/aromatic N) is 4. The Morgan fingerprint density at radius 2 is 1.77 bits per heavy atom. The molecule has 1 amide bonds. The number of benzene rings is 1. The van der Waals surface area contributed by atoms with Crippen molar-refractivity contribution in [1.29, 1.82) is 0 Å². The maximum Gasteiger partial charge on any atom is 0.226 e. The predicted molar refractivity (Wildman–Crippen MR) is 82.5 cm³/mol. The number of hydrogen-bond acceptors (Lipinski definition) is 4. The Bertz CT molecular complexity index is 636. The van der Waals surface area contributed by atoms with Crippen LogP contribution in [0.1, 0.15) is 11.1 Å². The second kappa shape index (κ2) is 5.44. The normalized spacial score (nSPS) is 18.5. The first kappa shape index (κ1) is 13.3. The van der Waals surface area contributed by atoms with Crippen molar-refractivity contribution in [2.24, 2.45) is 5.92 Å². The largest absolute Gasteiger partial charge is 0.339 e. The number of piperazine rings is 1. The molecule has 4 rings (SSSR count). The minimum Gasteiger partial charge on any atom is -0.339 e. The topological polar surface area (TPSA) is 65.1 Å². The van der Waals surface area contributed by atoms with Crippen molar-refractivity contribution in [3.8, 4) is 0 Å². The third-order valence-electron chi connectivity index (χ3n) is 4.69. The number of rotatable bonds is 2. The Morgan fingerprint density at radius 3 is 2.36 bits per heavy atom. The molecule has 6 nitrogen and oxygen atoms in total. The van der Waals surface area contributed by atoms with Gasteiger partial charge >= 0.3 is 0 Å². The molecule has 6 heteroatoms. The van der Waals surface area contributed by atoms with E-state index in [-0.39, 0.29) is 5.92 Å². The molecule has 2 aromatic rings. The van der Waals surface area contributed by atoms with Crippen LogP contribution in [0.3, 0.4) is 0 Å². The van der Waals surface area contributed by atoms with Gasteiger partial charge in [-0.1, -0.05) is 24.3 Å². The number of anilines is 1. The molecule has 1 saturated heterocycles. The van der Waals surface area contributed by atoms with Crippen LogP contribution in [0.25, 0.3) is 0 Å². The summed E-state index contributed by atoms with van der Waals surface area (Å²) in [6.45, 7) is 3.12. The number of hydrogen-bond donors (Lipinski definition) is 1. The summed E-state index contributed by atoms with van der Waals surface area (Å²) >= 11 is 0. The fraction of sp³-hybridized carbons (Fsp3) is 0.438. The van der Waals surface area contributed by atoms with Crippen molar-refractivity contribution in [3.05, 3.63) is 41.7 Å². The van der Waals surface area contributed by atoms with Crippen LogP contribution in [-0.2, 0) is 17.6 Å². The zero-order valence-corrected chi connectivity index (χ0v) is 12.4. The molecular formula is C16H19N5O. The molecule has 0 saturated carbocycles. The molecule has 1 fully saturated rings. The van der Waals surface area contributed by atoms with Gasteiger partial charge in [-0.2, -0.15) is 10.1 Å². The molecule has 114 valence electrons. The first-order valence-corrected chi connectivity index (χ1v) is 7.77. The molecule has 0 unspecified atom stereocenters. The number of aromatic nitrogens is 3. The maximum atomic E-state index is 12.7. The second-order valence-corrected chi connectivity index (χ2v) is 6.00. The van der Waals surface area contributed by atoms with Gasteiger partial charge in [0, 0.05) is 32.1 Å². The Balaban J connectivity index is 1.37. The summed E-state index contributed by atoms with van der Waals surface area (Å²) in [6, 6.07) is 8.40. The van der Waals surface area contributed by atoms with Gasteiger partial charge in [0.15, 0.2) is 0 Å². The highest BCUT2D eigenvalue weighted by Gasteiger charge is 2.32. The zero-order valence-electron chi connectivity index (χ0n) is 12.4. The molecule has 1 N–H and O–H groups in total. The van der Waals surface area contributed by atoms with Crippen molar-refractivity contribution in [1.82, 2.24) is 20.1 Å². The molecule has 0 bridgehead atoms. The van der Waals surface area contributed by atoms with Crippen LogP contribution < -0.4 is 4.90 Å². The van der Waals surface area contributed by atoms with Crippen molar-refractivity contribution in [3.63, 3.8) is 0 Å². The van der Waals surface area contributed by atoms with Crippen molar-refractivity contribution >= 4 is 11.9 Å². The summed E-state index contributed by atoms with van der Waals surface area (Å²) in [5, 5.41) is 6.76. The molecule has 22 heavy (non-hydrogen) atoms. The van der Waals surface area contributed by atoms with E-state index in [9.17, 15) is 4.79 Å². The van der Waals surface area contributed by atoms with Crippen molar-refractivity contribution in [2.45, 2.75) is 12.8 Å². The van der Waals surface area contributed by atoms with Gasteiger partial charge in [-0.15, -0.1) is 0 Å². The van der Waals surface area contributed by atoms with E-state index in [1.165, 1.54) is 17.5 Å². The number of aromatic amines is 1. The first-order valence-electron chi connectivity index (χ1n) is 7.77. The molecule has 2 heterocycles. The van der Waals surface area contributed by atoms with Crippen molar-refractivity contribution in [2.75, 3.05) is 31.1 Å². The summed E-state index contributed by atoms with van der Waals surface area (Å²) in [5.74, 6) is 1.21. The molecule has 1 aliphatic carbocycles. The zero-order chi connectivity index (χ0) is 14.9. The Hall–Kier alpha value is -2.37. The van der Waals surface area contributed by atoms with E-state index in [0.29, 0.717) is 5.91 Å². The average molecular weight is 297 g/mol. The fourth-order valence-electron chi connectivity index (χ4n) is 3.48. The summed E-state index contributed by atoms with van der Waals surface area (Å²) in [4.78, 5) is 21.0. The summed E-state index contributed by atoms with van der Waals surface area (Å²) in [7, 11) is 0. The molecule has 2 aliphatic rings. The van der Waals surface area contributed by atoms with Crippen LogP contribution >= 0.6 is 0 Å². The smallest absolute Gasteiger partial charge is 0.226 e. The van der Waals surface area contributed by atoms with E-state index in [1.54, 1.807) is 0 Å². The van der Waals surface area contributed by atoms with Gasteiger partial charge in [0.2, 0.25) is 11.9 Å². The van der Waals surface area contributed by atoms with Gasteiger partial charge in [0.05, 0.1) is 0 Å². The van der Waals surface area contributed by atoms with Crippen LogP contribution in [0.4, 0.5) is 5.95 Å². The lowest BCUT2D eigenvalue weighted by Gasteiger charge is -2.35. The van der Waals surface area contributed by atoms with E-state index in [4.69, 9.17) is 0 Å². The number of fused-ring (bicyclic) bond motifs is 1. The lowest BCUT2D eigenvalue weighted by atomic mass is 10.0. The standard InChI is InChI=1S/C16H19N5O/c22-15(14-9-12-3-1-2-4-13(12)10-14)20-5-7-21(8-6-20)16-17-11-18-19-16/h1-4,11,14H,5-10H2,(H,17,18,19). The van der Waals surface area contributed by atoms with Gasteiger partial charge in [0.25, 0.3) is 0 Å². The van der Waals surface area contributed by atoms with Crippen LogP contribution in [0.2, 0.25) is 0 Å². The number of carbonyl (C=O) groups excluding carboxylic acids is 1. The Labute approximate surface area is 129 Å². The quantitative estimate of drug-likeness (QED) is 0.893. The molecule has 1 aliphatic heterocycles. The Kier molecular flexibility index (Phi) is 3.29. The van der Waals surface area contributed by atoms with E-state index in [0.717, 1.165) is 45.0 Å². The van der Waals surface area contributed by atoms with Crippen LogP contribution in [0.5, 0.6) is 0 Å². The summed E-state index contributed by atoms with van der Waals surface area (Å²) in [5.41, 5.74) is 2.67. The molecule has 0 radical (unpaired) electrons. The fourth-order valence-corrected chi connectivity index (χ4v) is 3.48.